The average Bonchev–Trinajstić information content (AvgIpc) is 2.03. The largest absolute Gasteiger partial charge is 0.417 e. The first-order valence-electron chi connectivity index (χ1n) is 3.43. The third-order valence-electron chi connectivity index (χ3n) is 1.44. The van der Waals surface area contributed by atoms with Crippen LogP contribution in [0, 0.1) is 0 Å². The van der Waals surface area contributed by atoms with Crippen LogP contribution in [-0.2, 0) is 6.18 Å². The van der Waals surface area contributed by atoms with Gasteiger partial charge in [0.15, 0.2) is 0 Å². The van der Waals surface area contributed by atoms with Gasteiger partial charge < -0.3 is 0 Å². The molecule has 0 fully saturated rings. The fourth-order valence-electron chi connectivity index (χ4n) is 0.762. The molecule has 1 aromatic rings. The molecule has 0 unspecified atom stereocenters. The number of hydrazine groups is 1. The highest BCUT2D eigenvalue weighted by atomic mass is 19.4. The molecule has 2 N–H and O–H groups in total. The van der Waals surface area contributed by atoms with Gasteiger partial charge in [-0.25, -0.2) is 10.8 Å². The zero-order valence-electron chi connectivity index (χ0n) is 6.84. The van der Waals surface area contributed by atoms with Gasteiger partial charge >= 0.3 is 6.18 Å². The van der Waals surface area contributed by atoms with Gasteiger partial charge in [-0.3, -0.25) is 5.01 Å². The third-order valence-corrected chi connectivity index (χ3v) is 1.44. The molecule has 0 aliphatic rings. The molecule has 1 heterocycles. The zero-order chi connectivity index (χ0) is 10.1. The maximum atomic E-state index is 12.0. The molecule has 0 atom stereocenters. The first-order chi connectivity index (χ1) is 5.91. The number of aromatic nitrogens is 1. The molecule has 3 nitrogen and oxygen atoms in total. The van der Waals surface area contributed by atoms with E-state index in [0.717, 1.165) is 17.3 Å². The maximum absolute atomic E-state index is 12.0. The van der Waals surface area contributed by atoms with Crippen molar-refractivity contribution in [1.29, 1.82) is 0 Å². The van der Waals surface area contributed by atoms with E-state index in [1.54, 1.807) is 0 Å². The first kappa shape index (κ1) is 9.79. The van der Waals surface area contributed by atoms with E-state index in [9.17, 15) is 13.2 Å². The minimum absolute atomic E-state index is 0.285. The summed E-state index contributed by atoms with van der Waals surface area (Å²) in [4.78, 5) is 3.53. The Morgan fingerprint density at radius 2 is 2.00 bits per heavy atom. The van der Waals surface area contributed by atoms with Crippen LogP contribution in [0.1, 0.15) is 5.56 Å². The molecule has 0 bridgehead atoms. The van der Waals surface area contributed by atoms with Gasteiger partial charge in [-0.05, 0) is 12.1 Å². The summed E-state index contributed by atoms with van der Waals surface area (Å²) in [6.45, 7) is 0. The molecule has 1 rings (SSSR count). The normalized spacial score (nSPS) is 11.5. The summed E-state index contributed by atoms with van der Waals surface area (Å²) >= 11 is 0. The van der Waals surface area contributed by atoms with Crippen molar-refractivity contribution in [3.8, 4) is 0 Å². The second-order valence-electron chi connectivity index (χ2n) is 2.51. The third kappa shape index (κ3) is 2.32. The van der Waals surface area contributed by atoms with Gasteiger partial charge in [-0.2, -0.15) is 13.2 Å². The highest BCUT2D eigenvalue weighted by molar-refractivity contribution is 5.36. The van der Waals surface area contributed by atoms with Crippen molar-refractivity contribution in [3.63, 3.8) is 0 Å². The minimum atomic E-state index is -4.35. The van der Waals surface area contributed by atoms with Crippen LogP contribution in [0.4, 0.5) is 19.0 Å². The second-order valence-corrected chi connectivity index (χ2v) is 2.51. The standard InChI is InChI=1S/C7H8F3N3/c1-13(11)6-3-2-5(4-12-6)7(8,9)10/h2-4H,11H2,1H3. The fraction of sp³-hybridized carbons (Fsp3) is 0.286. The van der Waals surface area contributed by atoms with Crippen molar-refractivity contribution in [2.24, 2.45) is 5.84 Å². The van der Waals surface area contributed by atoms with E-state index in [4.69, 9.17) is 5.84 Å². The summed E-state index contributed by atoms with van der Waals surface area (Å²) in [5.41, 5.74) is -0.780. The Hall–Kier alpha value is -1.30. The van der Waals surface area contributed by atoms with Crippen molar-refractivity contribution in [3.05, 3.63) is 23.9 Å². The molecule has 0 saturated heterocycles. The Bertz CT molecular complexity index is 278. The van der Waals surface area contributed by atoms with Gasteiger partial charge in [-0.1, -0.05) is 0 Å². The van der Waals surface area contributed by atoms with Gasteiger partial charge in [-0.15, -0.1) is 0 Å². The van der Waals surface area contributed by atoms with Crippen LogP contribution in [-0.4, -0.2) is 12.0 Å². The second kappa shape index (κ2) is 3.21. The lowest BCUT2D eigenvalue weighted by molar-refractivity contribution is -0.137. The molecule has 0 aliphatic carbocycles. The SMILES string of the molecule is CN(N)c1ccc(C(F)(F)F)cn1. The zero-order valence-corrected chi connectivity index (χ0v) is 6.84. The lowest BCUT2D eigenvalue weighted by Crippen LogP contribution is -2.26. The summed E-state index contributed by atoms with van der Waals surface area (Å²) in [6, 6.07) is 2.15. The fourth-order valence-corrected chi connectivity index (χ4v) is 0.762. The Labute approximate surface area is 72.9 Å². The molecule has 0 saturated carbocycles. The van der Waals surface area contributed by atoms with E-state index in [1.807, 2.05) is 0 Å². The van der Waals surface area contributed by atoms with Crippen molar-refractivity contribution in [2.75, 3.05) is 12.1 Å². The minimum Gasteiger partial charge on any atom is -0.298 e. The molecule has 0 aromatic carbocycles. The van der Waals surface area contributed by atoms with Crippen LogP contribution in [0.15, 0.2) is 18.3 Å². The molecule has 6 heteroatoms. The lowest BCUT2D eigenvalue weighted by Gasteiger charge is -2.11. The number of halogens is 3. The van der Waals surface area contributed by atoms with E-state index in [0.29, 0.717) is 0 Å². The highest BCUT2D eigenvalue weighted by Crippen LogP contribution is 2.28. The van der Waals surface area contributed by atoms with Gasteiger partial charge in [0.25, 0.3) is 0 Å². The summed E-state index contributed by atoms with van der Waals surface area (Å²) in [5.74, 6) is 5.55. The van der Waals surface area contributed by atoms with Crippen molar-refractivity contribution in [1.82, 2.24) is 4.98 Å². The average molecular weight is 191 g/mol. The number of alkyl halides is 3. The number of anilines is 1. The summed E-state index contributed by atoms with van der Waals surface area (Å²) in [7, 11) is 1.50. The van der Waals surface area contributed by atoms with Crippen LogP contribution in [0.3, 0.4) is 0 Å². The molecule has 0 amide bonds. The van der Waals surface area contributed by atoms with E-state index < -0.39 is 11.7 Å². The Morgan fingerprint density at radius 1 is 1.38 bits per heavy atom. The predicted molar refractivity (Wildman–Crippen MR) is 41.8 cm³/mol. The summed E-state index contributed by atoms with van der Waals surface area (Å²) < 4.78 is 36.1. The van der Waals surface area contributed by atoms with Crippen LogP contribution in [0.25, 0.3) is 0 Å². The molecule has 13 heavy (non-hydrogen) atoms. The summed E-state index contributed by atoms with van der Waals surface area (Å²) in [6.07, 6.45) is -3.60. The van der Waals surface area contributed by atoms with Gasteiger partial charge in [0.2, 0.25) is 0 Å². The Balaban J connectivity index is 2.94. The Morgan fingerprint density at radius 3 is 2.31 bits per heavy atom. The molecule has 0 radical (unpaired) electrons. The van der Waals surface area contributed by atoms with E-state index in [-0.39, 0.29) is 5.82 Å². The lowest BCUT2D eigenvalue weighted by atomic mass is 10.3. The molecular formula is C7H8F3N3. The molecule has 0 aliphatic heterocycles. The van der Waals surface area contributed by atoms with Crippen LogP contribution >= 0.6 is 0 Å². The topological polar surface area (TPSA) is 42.1 Å². The number of nitrogens with zero attached hydrogens (tertiary/aromatic N) is 2. The number of nitrogens with two attached hydrogens (primary N) is 1. The van der Waals surface area contributed by atoms with Crippen LogP contribution in [0.5, 0.6) is 0 Å². The van der Waals surface area contributed by atoms with Crippen molar-refractivity contribution in [2.45, 2.75) is 6.18 Å². The molecular weight excluding hydrogens is 183 g/mol. The number of pyridine rings is 1. The first-order valence-corrected chi connectivity index (χ1v) is 3.43. The van der Waals surface area contributed by atoms with Gasteiger partial charge in [0, 0.05) is 13.2 Å². The predicted octanol–water partition coefficient (Wildman–Crippen LogP) is 1.41. The Kier molecular flexibility index (Phi) is 2.42. The highest BCUT2D eigenvalue weighted by Gasteiger charge is 2.30. The van der Waals surface area contributed by atoms with Crippen LogP contribution < -0.4 is 10.9 Å². The quantitative estimate of drug-likeness (QED) is 0.539. The van der Waals surface area contributed by atoms with Gasteiger partial charge in [0.05, 0.1) is 5.56 Å². The number of rotatable bonds is 1. The van der Waals surface area contributed by atoms with E-state index >= 15 is 0 Å². The molecule has 0 spiro atoms. The van der Waals surface area contributed by atoms with Gasteiger partial charge in [0.1, 0.15) is 5.82 Å². The van der Waals surface area contributed by atoms with Crippen LogP contribution in [0.2, 0.25) is 0 Å². The smallest absolute Gasteiger partial charge is 0.298 e. The van der Waals surface area contributed by atoms with Crippen molar-refractivity contribution < 1.29 is 13.2 Å². The van der Waals surface area contributed by atoms with E-state index in [1.165, 1.54) is 13.1 Å². The van der Waals surface area contributed by atoms with Crippen molar-refractivity contribution >= 4 is 5.82 Å². The summed E-state index contributed by atoms with van der Waals surface area (Å²) in [5, 5.41) is 1.14. The van der Waals surface area contributed by atoms with E-state index in [2.05, 4.69) is 4.98 Å². The maximum Gasteiger partial charge on any atom is 0.417 e. The molecule has 72 valence electrons. The number of hydrogen-bond donors (Lipinski definition) is 1. The monoisotopic (exact) mass is 191 g/mol. The number of hydrogen-bond acceptors (Lipinski definition) is 3. The molecule has 1 aromatic heterocycles.